The van der Waals surface area contributed by atoms with Gasteiger partial charge in [-0.25, -0.2) is 9.97 Å². The van der Waals surface area contributed by atoms with E-state index in [2.05, 4.69) is 9.97 Å². The summed E-state index contributed by atoms with van der Waals surface area (Å²) >= 11 is 1.48. The van der Waals surface area contributed by atoms with Crippen molar-refractivity contribution in [1.82, 2.24) is 15.0 Å². The number of benzene rings is 2. The number of aromatic nitrogens is 3. The van der Waals surface area contributed by atoms with Crippen LogP contribution in [0.1, 0.15) is 23.2 Å². The van der Waals surface area contributed by atoms with Crippen LogP contribution in [0.3, 0.4) is 0 Å². The number of hydrogen-bond donors (Lipinski definition) is 1. The van der Waals surface area contributed by atoms with E-state index in [0.717, 1.165) is 21.5 Å². The molecule has 0 saturated carbocycles. The molecule has 1 fully saturated rings. The Hall–Kier alpha value is -3.56. The smallest absolute Gasteiger partial charge is 0.255 e. The summed E-state index contributed by atoms with van der Waals surface area (Å²) in [4.78, 5) is 42.5. The number of thiazole rings is 1. The highest BCUT2D eigenvalue weighted by molar-refractivity contribution is 7.22. The van der Waals surface area contributed by atoms with Gasteiger partial charge in [0.05, 0.1) is 29.1 Å². The van der Waals surface area contributed by atoms with Gasteiger partial charge in [0.2, 0.25) is 11.9 Å². The van der Waals surface area contributed by atoms with E-state index in [1.54, 1.807) is 4.90 Å². The molecular formula is C26H27N5O3S. The number of ether oxygens (including phenoxy) is 1. The Labute approximate surface area is 207 Å². The fraction of sp³-hybridized carbons (Fsp3) is 0.308. The van der Waals surface area contributed by atoms with E-state index in [-0.39, 0.29) is 17.9 Å². The molecule has 1 aliphatic heterocycles. The topological polar surface area (TPSA) is 91.4 Å². The average Bonchev–Trinajstić information content (AvgIpc) is 3.29. The molecule has 3 heterocycles. The zero-order valence-electron chi connectivity index (χ0n) is 19.8. The Kier molecular flexibility index (Phi) is 6.61. The molecule has 1 saturated heterocycles. The summed E-state index contributed by atoms with van der Waals surface area (Å²) < 4.78 is 6.40. The van der Waals surface area contributed by atoms with Gasteiger partial charge in [0.15, 0.2) is 5.13 Å². The minimum absolute atomic E-state index is 0.116. The van der Waals surface area contributed by atoms with Crippen molar-refractivity contribution in [2.45, 2.75) is 26.7 Å². The third-order valence-electron chi connectivity index (χ3n) is 6.19. The molecule has 8 nitrogen and oxygen atoms in total. The zero-order chi connectivity index (χ0) is 24.4. The van der Waals surface area contributed by atoms with Gasteiger partial charge in [-0.15, -0.1) is 0 Å². The summed E-state index contributed by atoms with van der Waals surface area (Å²) in [6.45, 7) is 6.40. The lowest BCUT2D eigenvalue weighted by Crippen LogP contribution is -2.38. The summed E-state index contributed by atoms with van der Waals surface area (Å²) in [6.07, 6.45) is 0.455. The van der Waals surface area contributed by atoms with E-state index in [0.29, 0.717) is 55.1 Å². The number of para-hydroxylation sites is 2. The van der Waals surface area contributed by atoms with Crippen LogP contribution in [0.4, 0.5) is 16.8 Å². The maximum atomic E-state index is 13.6. The van der Waals surface area contributed by atoms with E-state index < -0.39 is 0 Å². The molecule has 9 heteroatoms. The van der Waals surface area contributed by atoms with Crippen molar-refractivity contribution in [2.24, 2.45) is 0 Å². The highest BCUT2D eigenvalue weighted by Crippen LogP contribution is 2.35. The highest BCUT2D eigenvalue weighted by Gasteiger charge is 2.24. The van der Waals surface area contributed by atoms with E-state index in [1.807, 2.05) is 67.3 Å². The van der Waals surface area contributed by atoms with Gasteiger partial charge in [-0.3, -0.25) is 19.5 Å². The summed E-state index contributed by atoms with van der Waals surface area (Å²) in [6, 6.07) is 15.6. The van der Waals surface area contributed by atoms with Crippen LogP contribution in [-0.2, 0) is 16.0 Å². The lowest BCUT2D eigenvalue weighted by Gasteiger charge is -2.27. The number of anilines is 3. The number of nitrogens with zero attached hydrogens (tertiary/aromatic N) is 4. The molecule has 35 heavy (non-hydrogen) atoms. The second kappa shape index (κ2) is 9.97. The van der Waals surface area contributed by atoms with Crippen LogP contribution in [0.15, 0.2) is 53.3 Å². The van der Waals surface area contributed by atoms with Crippen molar-refractivity contribution in [2.75, 3.05) is 36.1 Å². The van der Waals surface area contributed by atoms with E-state index in [1.165, 1.54) is 11.3 Å². The number of carbonyl (C=O) groups excluding carboxylic acids is 1. The second-order valence-corrected chi connectivity index (χ2v) is 9.54. The van der Waals surface area contributed by atoms with Gasteiger partial charge in [0.25, 0.3) is 5.56 Å². The normalized spacial score (nSPS) is 13.8. The van der Waals surface area contributed by atoms with Gasteiger partial charge in [-0.1, -0.05) is 41.7 Å². The number of carbonyl (C=O) groups is 1. The molecule has 2 aromatic carbocycles. The van der Waals surface area contributed by atoms with Crippen LogP contribution >= 0.6 is 11.3 Å². The Bertz CT molecular complexity index is 1390. The number of amides is 1. The Balaban J connectivity index is 1.42. The third-order valence-corrected chi connectivity index (χ3v) is 7.21. The first-order chi connectivity index (χ1) is 17.0. The largest absolute Gasteiger partial charge is 0.378 e. The van der Waals surface area contributed by atoms with Crippen molar-refractivity contribution < 1.29 is 9.53 Å². The summed E-state index contributed by atoms with van der Waals surface area (Å²) in [7, 11) is 0. The standard InChI is InChI=1S/C26H27N5O3S/c1-17-7-3-5-9-21(17)31(26-28-20-8-4-6-10-22(20)35-26)23(32)12-11-19-18(2)27-25(29-24(19)33)30-13-15-34-16-14-30/h3-10H,11-16H2,1-2H3,(H,27,29,33). The molecule has 0 bridgehead atoms. The molecule has 1 N–H and O–H groups in total. The number of morpholine rings is 1. The fourth-order valence-corrected chi connectivity index (χ4v) is 5.27. The van der Waals surface area contributed by atoms with Gasteiger partial charge >= 0.3 is 0 Å². The van der Waals surface area contributed by atoms with Crippen LogP contribution in [-0.4, -0.2) is 47.2 Å². The minimum atomic E-state index is -0.200. The van der Waals surface area contributed by atoms with Gasteiger partial charge in [0.1, 0.15) is 0 Å². The highest BCUT2D eigenvalue weighted by atomic mass is 32.1. The number of aromatic amines is 1. The average molecular weight is 490 g/mol. The van der Waals surface area contributed by atoms with E-state index in [9.17, 15) is 9.59 Å². The Morgan fingerprint density at radius 2 is 1.83 bits per heavy atom. The first kappa shape index (κ1) is 23.2. The molecule has 0 spiro atoms. The number of aryl methyl sites for hydroxylation is 2. The van der Waals surface area contributed by atoms with E-state index in [4.69, 9.17) is 9.72 Å². The van der Waals surface area contributed by atoms with Crippen LogP contribution < -0.4 is 15.4 Å². The Morgan fingerprint density at radius 3 is 2.57 bits per heavy atom. The van der Waals surface area contributed by atoms with Crippen molar-refractivity contribution in [3.63, 3.8) is 0 Å². The molecule has 180 valence electrons. The molecule has 1 amide bonds. The first-order valence-electron chi connectivity index (χ1n) is 11.7. The lowest BCUT2D eigenvalue weighted by molar-refractivity contribution is -0.117. The summed E-state index contributed by atoms with van der Waals surface area (Å²) in [5.41, 5.74) is 3.60. The predicted molar refractivity (Wildman–Crippen MR) is 139 cm³/mol. The zero-order valence-corrected chi connectivity index (χ0v) is 20.6. The SMILES string of the molecule is Cc1ccccc1N(C(=O)CCc1c(C)nc(N2CCOCC2)[nH]c1=O)c1nc2ccccc2s1. The quantitative estimate of drug-likeness (QED) is 0.438. The number of hydrogen-bond acceptors (Lipinski definition) is 7. The van der Waals surface area contributed by atoms with Gasteiger partial charge in [-0.05, 0) is 44.0 Å². The number of rotatable bonds is 6. The van der Waals surface area contributed by atoms with Crippen LogP contribution in [0, 0.1) is 13.8 Å². The predicted octanol–water partition coefficient (Wildman–Crippen LogP) is 4.13. The van der Waals surface area contributed by atoms with Crippen LogP contribution in [0.5, 0.6) is 0 Å². The lowest BCUT2D eigenvalue weighted by atomic mass is 10.1. The fourth-order valence-electron chi connectivity index (χ4n) is 4.27. The molecule has 0 unspecified atom stereocenters. The molecule has 0 radical (unpaired) electrons. The summed E-state index contributed by atoms with van der Waals surface area (Å²) in [5.74, 6) is 0.441. The maximum Gasteiger partial charge on any atom is 0.255 e. The van der Waals surface area contributed by atoms with Crippen molar-refractivity contribution in [3.8, 4) is 0 Å². The molecule has 0 aliphatic carbocycles. The Morgan fingerprint density at radius 1 is 1.09 bits per heavy atom. The van der Waals surface area contributed by atoms with Crippen molar-refractivity contribution >= 4 is 44.2 Å². The molecule has 4 aromatic rings. The molecule has 1 aliphatic rings. The van der Waals surface area contributed by atoms with Crippen LogP contribution in [0.25, 0.3) is 10.2 Å². The molecule has 5 rings (SSSR count). The van der Waals surface area contributed by atoms with Gasteiger partial charge in [-0.2, -0.15) is 0 Å². The van der Waals surface area contributed by atoms with Crippen molar-refractivity contribution in [3.05, 3.63) is 75.7 Å². The summed E-state index contributed by atoms with van der Waals surface area (Å²) in [5, 5.41) is 0.622. The van der Waals surface area contributed by atoms with E-state index >= 15 is 0 Å². The maximum absolute atomic E-state index is 13.6. The monoisotopic (exact) mass is 489 g/mol. The number of fused-ring (bicyclic) bond motifs is 1. The van der Waals surface area contributed by atoms with Crippen molar-refractivity contribution in [1.29, 1.82) is 0 Å². The van der Waals surface area contributed by atoms with Crippen LogP contribution in [0.2, 0.25) is 0 Å². The molecule has 2 aromatic heterocycles. The molecule has 0 atom stereocenters. The number of H-pyrrole nitrogens is 1. The molecular weight excluding hydrogens is 462 g/mol. The third kappa shape index (κ3) is 4.82. The second-order valence-electron chi connectivity index (χ2n) is 8.53. The van der Waals surface area contributed by atoms with Gasteiger partial charge < -0.3 is 9.64 Å². The number of nitrogens with one attached hydrogen (secondary N) is 1. The van der Waals surface area contributed by atoms with Gasteiger partial charge in [0, 0.05) is 30.8 Å². The minimum Gasteiger partial charge on any atom is -0.378 e. The first-order valence-corrected chi connectivity index (χ1v) is 12.5.